The highest BCUT2D eigenvalue weighted by Gasteiger charge is 2.19. The van der Waals surface area contributed by atoms with Crippen molar-refractivity contribution in [3.63, 3.8) is 0 Å². The van der Waals surface area contributed by atoms with E-state index in [-0.39, 0.29) is 11.7 Å². The number of anilines is 3. The first-order chi connectivity index (χ1) is 12.5. The van der Waals surface area contributed by atoms with E-state index < -0.39 is 11.6 Å². The Morgan fingerprint density at radius 3 is 2.73 bits per heavy atom. The summed E-state index contributed by atoms with van der Waals surface area (Å²) in [4.78, 5) is 0. The Labute approximate surface area is 155 Å². The summed E-state index contributed by atoms with van der Waals surface area (Å²) in [5.74, 6) is 1.00. The van der Waals surface area contributed by atoms with Gasteiger partial charge in [0, 0.05) is 0 Å². The molecule has 1 aromatic carbocycles. The molecule has 2 aromatic heterocycles. The van der Waals surface area contributed by atoms with Crippen molar-refractivity contribution in [1.82, 2.24) is 8.75 Å². The Morgan fingerprint density at radius 1 is 1.27 bits per heavy atom. The van der Waals surface area contributed by atoms with Crippen LogP contribution in [-0.4, -0.2) is 13.9 Å². The Balaban J connectivity index is 1.79. The maximum absolute atomic E-state index is 13.5. The highest BCUT2D eigenvalue weighted by molar-refractivity contribution is 6.99. The molecular weight excluding hydrogens is 355 g/mol. The van der Waals surface area contributed by atoms with Crippen molar-refractivity contribution in [2.75, 3.05) is 10.6 Å². The van der Waals surface area contributed by atoms with Gasteiger partial charge in [0.15, 0.2) is 23.2 Å². The summed E-state index contributed by atoms with van der Waals surface area (Å²) in [6.45, 7) is 6.27. The monoisotopic (exact) mass is 376 g/mol. The fourth-order valence-corrected chi connectivity index (χ4v) is 2.98. The molecule has 1 atom stereocenters. The van der Waals surface area contributed by atoms with Crippen molar-refractivity contribution in [2.24, 2.45) is 0 Å². The van der Waals surface area contributed by atoms with Crippen LogP contribution in [0.25, 0.3) is 0 Å². The van der Waals surface area contributed by atoms with Crippen LogP contribution in [0.15, 0.2) is 34.9 Å². The van der Waals surface area contributed by atoms with E-state index in [1.54, 1.807) is 12.3 Å². The molecule has 0 fully saturated rings. The van der Waals surface area contributed by atoms with Crippen molar-refractivity contribution in [3.8, 4) is 5.75 Å². The minimum Gasteiger partial charge on any atom is -0.503 e. The number of nitrogens with one attached hydrogen (secondary N) is 2. The molecular formula is C18H21FN4O2S. The van der Waals surface area contributed by atoms with Crippen LogP contribution in [0.1, 0.15) is 50.5 Å². The van der Waals surface area contributed by atoms with Gasteiger partial charge >= 0.3 is 0 Å². The zero-order valence-corrected chi connectivity index (χ0v) is 15.6. The fraction of sp³-hybridized carbons (Fsp3) is 0.333. The summed E-state index contributed by atoms with van der Waals surface area (Å²) in [6.07, 6.45) is 2.56. The molecule has 0 saturated carbocycles. The van der Waals surface area contributed by atoms with E-state index in [0.29, 0.717) is 17.6 Å². The van der Waals surface area contributed by atoms with Crippen molar-refractivity contribution in [3.05, 3.63) is 47.7 Å². The lowest BCUT2D eigenvalue weighted by molar-refractivity contribution is 0.435. The summed E-state index contributed by atoms with van der Waals surface area (Å²) < 4.78 is 27.7. The number of halogens is 1. The molecule has 0 unspecified atom stereocenters. The van der Waals surface area contributed by atoms with Crippen molar-refractivity contribution >= 4 is 29.1 Å². The van der Waals surface area contributed by atoms with E-state index in [0.717, 1.165) is 29.5 Å². The molecule has 3 rings (SSSR count). The Morgan fingerprint density at radius 2 is 2.04 bits per heavy atom. The van der Waals surface area contributed by atoms with Gasteiger partial charge in [-0.25, -0.2) is 4.39 Å². The molecule has 6 nitrogen and oxygen atoms in total. The molecule has 0 bridgehead atoms. The minimum atomic E-state index is -0.698. The highest BCUT2D eigenvalue weighted by Crippen LogP contribution is 2.33. The molecule has 2 heterocycles. The van der Waals surface area contributed by atoms with Gasteiger partial charge in [0.05, 0.1) is 29.7 Å². The first-order valence-corrected chi connectivity index (χ1v) is 9.14. The highest BCUT2D eigenvalue weighted by atomic mass is 32.1. The number of hydrogen-bond donors (Lipinski definition) is 3. The predicted molar refractivity (Wildman–Crippen MR) is 101 cm³/mol. The number of nitrogens with zero attached hydrogens (tertiary/aromatic N) is 2. The van der Waals surface area contributed by atoms with Gasteiger partial charge in [-0.3, -0.25) is 0 Å². The van der Waals surface area contributed by atoms with E-state index in [9.17, 15) is 9.50 Å². The maximum Gasteiger partial charge on any atom is 0.188 e. The van der Waals surface area contributed by atoms with E-state index >= 15 is 0 Å². The van der Waals surface area contributed by atoms with Crippen molar-refractivity contribution in [2.45, 2.75) is 39.2 Å². The Hall–Kier alpha value is -2.61. The third-order valence-electron chi connectivity index (χ3n) is 4.10. The van der Waals surface area contributed by atoms with Gasteiger partial charge in [0.2, 0.25) is 0 Å². The zero-order chi connectivity index (χ0) is 18.7. The largest absolute Gasteiger partial charge is 0.503 e. The topological polar surface area (TPSA) is 83.2 Å². The lowest BCUT2D eigenvalue weighted by atomic mass is 10.1. The van der Waals surface area contributed by atoms with Crippen LogP contribution in [0.2, 0.25) is 0 Å². The number of aromatic hydroxyl groups is 1. The number of furan rings is 1. The normalized spacial score (nSPS) is 12.3. The second-order valence-electron chi connectivity index (χ2n) is 6.26. The molecule has 0 aliphatic carbocycles. The molecule has 0 saturated heterocycles. The van der Waals surface area contributed by atoms with Gasteiger partial charge in [-0.15, -0.1) is 0 Å². The standard InChI is InChI=1S/C18H21FN4O2S/c1-4-13(15-8-11(9-25-15)10(2)3)20-17-18(23-26-22-17)21-14-7-5-6-12(19)16(14)24/h5-10,13,24H,4H2,1-3H3,(H,20,22)(H,21,23)/t13-/m1/s1. The number of phenolic OH excluding ortho intramolecular Hbond substituents is 1. The summed E-state index contributed by atoms with van der Waals surface area (Å²) >= 11 is 1.02. The van der Waals surface area contributed by atoms with Gasteiger partial charge in [-0.2, -0.15) is 8.75 Å². The number of benzene rings is 1. The molecule has 0 spiro atoms. The molecule has 0 amide bonds. The summed E-state index contributed by atoms with van der Waals surface area (Å²) in [7, 11) is 0. The SMILES string of the molecule is CC[C@@H](Nc1nsnc1Nc1cccc(F)c1O)c1cc(C(C)C)co1. The van der Waals surface area contributed by atoms with Crippen molar-refractivity contribution in [1.29, 1.82) is 0 Å². The van der Waals surface area contributed by atoms with Crippen molar-refractivity contribution < 1.29 is 13.9 Å². The fourth-order valence-electron chi connectivity index (χ4n) is 2.50. The van der Waals surface area contributed by atoms with Crippen LogP contribution in [0, 0.1) is 5.82 Å². The lowest BCUT2D eigenvalue weighted by Gasteiger charge is -2.15. The van der Waals surface area contributed by atoms with E-state index in [4.69, 9.17) is 4.42 Å². The predicted octanol–water partition coefficient (Wildman–Crippen LogP) is 5.41. The van der Waals surface area contributed by atoms with Crippen LogP contribution in [-0.2, 0) is 0 Å². The Kier molecular flexibility index (Phi) is 5.41. The van der Waals surface area contributed by atoms with E-state index in [1.165, 1.54) is 12.1 Å². The van der Waals surface area contributed by atoms with Crippen LogP contribution < -0.4 is 10.6 Å². The molecule has 138 valence electrons. The molecule has 0 aliphatic rings. The van der Waals surface area contributed by atoms with Crippen LogP contribution in [0.5, 0.6) is 5.75 Å². The third-order valence-corrected chi connectivity index (χ3v) is 4.63. The molecule has 0 aliphatic heterocycles. The second kappa shape index (κ2) is 7.74. The first-order valence-electron chi connectivity index (χ1n) is 8.41. The van der Waals surface area contributed by atoms with Gasteiger partial charge in [0.1, 0.15) is 5.76 Å². The molecule has 8 heteroatoms. The third kappa shape index (κ3) is 3.80. The number of phenols is 1. The van der Waals surface area contributed by atoms with E-state index in [1.807, 2.05) is 13.0 Å². The molecule has 0 radical (unpaired) electrons. The maximum atomic E-state index is 13.5. The summed E-state index contributed by atoms with van der Waals surface area (Å²) in [5.41, 5.74) is 1.37. The molecule has 3 aromatic rings. The average Bonchev–Trinajstić information content (AvgIpc) is 3.26. The summed E-state index contributed by atoms with van der Waals surface area (Å²) in [6, 6.07) is 6.23. The lowest BCUT2D eigenvalue weighted by Crippen LogP contribution is -2.10. The number of para-hydroxylation sites is 1. The Bertz CT molecular complexity index is 878. The van der Waals surface area contributed by atoms with Gasteiger partial charge in [-0.05, 0) is 36.1 Å². The molecule has 26 heavy (non-hydrogen) atoms. The van der Waals surface area contributed by atoms with Crippen LogP contribution in [0.3, 0.4) is 0 Å². The number of hydrogen-bond acceptors (Lipinski definition) is 7. The number of rotatable bonds is 7. The molecule has 3 N–H and O–H groups in total. The summed E-state index contributed by atoms with van der Waals surface area (Å²) in [5, 5.41) is 16.1. The zero-order valence-electron chi connectivity index (χ0n) is 14.8. The second-order valence-corrected chi connectivity index (χ2v) is 6.79. The number of aromatic nitrogens is 2. The average molecular weight is 376 g/mol. The quantitative estimate of drug-likeness (QED) is 0.479. The smallest absolute Gasteiger partial charge is 0.188 e. The van der Waals surface area contributed by atoms with Gasteiger partial charge in [0.25, 0.3) is 0 Å². The van der Waals surface area contributed by atoms with Crippen LogP contribution in [0.4, 0.5) is 21.7 Å². The minimum absolute atomic E-state index is 0.0759. The van der Waals surface area contributed by atoms with Gasteiger partial charge < -0.3 is 20.2 Å². The van der Waals surface area contributed by atoms with Crippen LogP contribution >= 0.6 is 11.7 Å². The first kappa shape index (κ1) is 18.2. The van der Waals surface area contributed by atoms with Gasteiger partial charge in [-0.1, -0.05) is 26.8 Å². The van der Waals surface area contributed by atoms with E-state index in [2.05, 4.69) is 33.2 Å².